The number of fused-ring (bicyclic) bond motifs is 3. The molecular weight excluding hydrogens is 524 g/mol. The average Bonchev–Trinajstić information content (AvgIpc) is 3.30. The zero-order valence-electron chi connectivity index (χ0n) is 20.8. The molecule has 180 valence electrons. The van der Waals surface area contributed by atoms with Gasteiger partial charge in [-0.2, -0.15) is 0 Å². The fourth-order valence-corrected chi connectivity index (χ4v) is 6.74. The lowest BCUT2D eigenvalue weighted by molar-refractivity contribution is 0.768. The second kappa shape index (κ2) is 9.28. The molecule has 1 aliphatic rings. The van der Waals surface area contributed by atoms with Crippen LogP contribution in [0.5, 0.6) is 0 Å². The van der Waals surface area contributed by atoms with Crippen LogP contribution >= 0.6 is 15.9 Å². The second-order valence-corrected chi connectivity index (χ2v) is 10.7. The van der Waals surface area contributed by atoms with Gasteiger partial charge in [0, 0.05) is 10.0 Å². The van der Waals surface area contributed by atoms with Gasteiger partial charge in [0.1, 0.15) is 0 Å². The summed E-state index contributed by atoms with van der Waals surface area (Å²) in [6, 6.07) is 55.0. The minimum Gasteiger partial charge on any atom is -0.0622 e. The Morgan fingerprint density at radius 1 is 0.368 bits per heavy atom. The molecule has 0 nitrogen and oxygen atoms in total. The molecule has 0 bridgehead atoms. The molecule has 1 atom stereocenters. The van der Waals surface area contributed by atoms with Gasteiger partial charge in [0.15, 0.2) is 0 Å². The topological polar surface area (TPSA) is 0 Å². The molecule has 1 heteroatoms. The molecule has 6 aromatic rings. The summed E-state index contributed by atoms with van der Waals surface area (Å²) >= 11 is 3.88. The first-order valence-corrected chi connectivity index (χ1v) is 13.8. The van der Waals surface area contributed by atoms with E-state index in [4.69, 9.17) is 0 Å². The standard InChI is InChI=1S/C37H25Br/c38-35-17-9-16-34-36(35)32-14-7-8-15-33(32)37(34,30-12-5-2-6-13-30)31-24-22-29(23-25-31)28-20-18-27(19-21-28)26-10-3-1-4-11-26/h1-25H. The van der Waals surface area contributed by atoms with Gasteiger partial charge in [-0.1, -0.05) is 162 Å². The van der Waals surface area contributed by atoms with Crippen molar-refractivity contribution in [3.8, 4) is 33.4 Å². The van der Waals surface area contributed by atoms with E-state index in [1.54, 1.807) is 0 Å². The quantitative estimate of drug-likeness (QED) is 0.205. The summed E-state index contributed by atoms with van der Waals surface area (Å²) in [6.45, 7) is 0. The van der Waals surface area contributed by atoms with Crippen molar-refractivity contribution in [1.82, 2.24) is 0 Å². The molecule has 0 aromatic heterocycles. The number of halogens is 1. The minimum atomic E-state index is -0.382. The Morgan fingerprint density at radius 2 is 0.842 bits per heavy atom. The number of benzene rings is 6. The van der Waals surface area contributed by atoms with Gasteiger partial charge in [0.2, 0.25) is 0 Å². The van der Waals surface area contributed by atoms with Crippen LogP contribution in [0.4, 0.5) is 0 Å². The van der Waals surface area contributed by atoms with Crippen LogP contribution in [-0.4, -0.2) is 0 Å². The summed E-state index contributed by atoms with van der Waals surface area (Å²) in [4.78, 5) is 0. The molecule has 1 aliphatic carbocycles. The molecule has 0 N–H and O–H groups in total. The van der Waals surface area contributed by atoms with Crippen LogP contribution in [-0.2, 0) is 5.41 Å². The molecule has 7 rings (SSSR count). The molecule has 0 heterocycles. The van der Waals surface area contributed by atoms with Gasteiger partial charge in [0.25, 0.3) is 0 Å². The predicted octanol–water partition coefficient (Wildman–Crippen LogP) is 10.1. The highest BCUT2D eigenvalue weighted by molar-refractivity contribution is 9.10. The molecule has 0 saturated heterocycles. The lowest BCUT2D eigenvalue weighted by Crippen LogP contribution is -2.28. The largest absolute Gasteiger partial charge is 0.0713 e. The van der Waals surface area contributed by atoms with Crippen LogP contribution in [0.3, 0.4) is 0 Å². The van der Waals surface area contributed by atoms with Gasteiger partial charge in [-0.05, 0) is 56.1 Å². The van der Waals surface area contributed by atoms with E-state index in [0.717, 1.165) is 4.47 Å². The van der Waals surface area contributed by atoms with E-state index in [1.165, 1.54) is 55.6 Å². The smallest absolute Gasteiger partial charge is 0.0622 e. The van der Waals surface area contributed by atoms with Gasteiger partial charge >= 0.3 is 0 Å². The van der Waals surface area contributed by atoms with Gasteiger partial charge in [-0.25, -0.2) is 0 Å². The summed E-state index contributed by atoms with van der Waals surface area (Å²) < 4.78 is 1.13. The van der Waals surface area contributed by atoms with E-state index in [-0.39, 0.29) is 5.41 Å². The fourth-order valence-electron chi connectivity index (χ4n) is 6.16. The molecule has 38 heavy (non-hydrogen) atoms. The lowest BCUT2D eigenvalue weighted by atomic mass is 9.67. The normalized spacial score (nSPS) is 15.6. The predicted molar refractivity (Wildman–Crippen MR) is 162 cm³/mol. The van der Waals surface area contributed by atoms with E-state index in [0.29, 0.717) is 0 Å². The first-order chi connectivity index (χ1) is 18.8. The van der Waals surface area contributed by atoms with Crippen LogP contribution in [0, 0.1) is 0 Å². The lowest BCUT2D eigenvalue weighted by Gasteiger charge is -2.34. The molecule has 0 radical (unpaired) electrons. The SMILES string of the molecule is Brc1cccc2c1-c1ccccc1C2(c1ccccc1)c1ccc(-c2ccc(-c3ccccc3)cc2)cc1. The van der Waals surface area contributed by atoms with E-state index in [1.807, 2.05) is 0 Å². The Balaban J connectivity index is 1.38. The third kappa shape index (κ3) is 3.50. The molecule has 0 aliphatic heterocycles. The summed E-state index contributed by atoms with van der Waals surface area (Å²) in [5.41, 5.74) is 12.3. The highest BCUT2D eigenvalue weighted by Gasteiger charge is 2.46. The van der Waals surface area contributed by atoms with E-state index >= 15 is 0 Å². The monoisotopic (exact) mass is 548 g/mol. The molecule has 6 aromatic carbocycles. The maximum atomic E-state index is 3.88. The van der Waals surface area contributed by atoms with Crippen LogP contribution < -0.4 is 0 Å². The van der Waals surface area contributed by atoms with Gasteiger partial charge in [-0.3, -0.25) is 0 Å². The maximum Gasteiger partial charge on any atom is 0.0713 e. The third-order valence-corrected chi connectivity index (χ3v) is 8.53. The Labute approximate surface area is 232 Å². The highest BCUT2D eigenvalue weighted by Crippen LogP contribution is 2.57. The minimum absolute atomic E-state index is 0.382. The molecule has 1 unspecified atom stereocenters. The molecule has 0 amide bonds. The van der Waals surface area contributed by atoms with Gasteiger partial charge in [-0.15, -0.1) is 0 Å². The van der Waals surface area contributed by atoms with Crippen LogP contribution in [0.15, 0.2) is 156 Å². The van der Waals surface area contributed by atoms with Crippen LogP contribution in [0.2, 0.25) is 0 Å². The number of rotatable bonds is 4. The Morgan fingerprint density at radius 3 is 1.50 bits per heavy atom. The van der Waals surface area contributed by atoms with E-state index in [9.17, 15) is 0 Å². The molecule has 0 fully saturated rings. The molecular formula is C37H25Br. The van der Waals surface area contributed by atoms with Crippen molar-refractivity contribution in [2.24, 2.45) is 0 Å². The van der Waals surface area contributed by atoms with E-state index < -0.39 is 0 Å². The zero-order chi connectivity index (χ0) is 25.5. The van der Waals surface area contributed by atoms with Gasteiger partial charge < -0.3 is 0 Å². The van der Waals surface area contributed by atoms with Gasteiger partial charge in [0.05, 0.1) is 5.41 Å². The number of hydrogen-bond donors (Lipinski definition) is 0. The number of hydrogen-bond acceptors (Lipinski definition) is 0. The van der Waals surface area contributed by atoms with Crippen molar-refractivity contribution in [2.75, 3.05) is 0 Å². The molecule has 0 saturated carbocycles. The van der Waals surface area contributed by atoms with Crippen LogP contribution in [0.25, 0.3) is 33.4 Å². The average molecular weight is 550 g/mol. The van der Waals surface area contributed by atoms with Crippen LogP contribution in [0.1, 0.15) is 22.3 Å². The Hall–Kier alpha value is -4.20. The van der Waals surface area contributed by atoms with Crippen molar-refractivity contribution in [3.05, 3.63) is 178 Å². The first kappa shape index (κ1) is 23.0. The fraction of sp³-hybridized carbons (Fsp3) is 0.0270. The van der Waals surface area contributed by atoms with E-state index in [2.05, 4.69) is 168 Å². The third-order valence-electron chi connectivity index (χ3n) is 7.87. The maximum absolute atomic E-state index is 3.88. The first-order valence-electron chi connectivity index (χ1n) is 13.0. The van der Waals surface area contributed by atoms with Crippen molar-refractivity contribution >= 4 is 15.9 Å². The second-order valence-electron chi connectivity index (χ2n) is 9.84. The molecule has 0 spiro atoms. The summed E-state index contributed by atoms with van der Waals surface area (Å²) in [5, 5.41) is 0. The summed E-state index contributed by atoms with van der Waals surface area (Å²) in [5.74, 6) is 0. The summed E-state index contributed by atoms with van der Waals surface area (Å²) in [7, 11) is 0. The Kier molecular flexibility index (Phi) is 5.60. The highest BCUT2D eigenvalue weighted by atomic mass is 79.9. The Bertz CT molecular complexity index is 1730. The van der Waals surface area contributed by atoms with Crippen molar-refractivity contribution in [3.63, 3.8) is 0 Å². The van der Waals surface area contributed by atoms with Crippen molar-refractivity contribution in [1.29, 1.82) is 0 Å². The zero-order valence-corrected chi connectivity index (χ0v) is 22.4. The van der Waals surface area contributed by atoms with Crippen molar-refractivity contribution < 1.29 is 0 Å². The summed E-state index contributed by atoms with van der Waals surface area (Å²) in [6.07, 6.45) is 0. The van der Waals surface area contributed by atoms with Crippen molar-refractivity contribution in [2.45, 2.75) is 5.41 Å².